The Balaban J connectivity index is 1.78. The second-order valence-corrected chi connectivity index (χ2v) is 4.77. The van der Waals surface area contributed by atoms with Crippen LogP contribution in [0.4, 0.5) is 4.39 Å². The van der Waals surface area contributed by atoms with Crippen molar-refractivity contribution in [3.05, 3.63) is 64.7 Å². The van der Waals surface area contributed by atoms with E-state index >= 15 is 0 Å². The van der Waals surface area contributed by atoms with Crippen molar-refractivity contribution < 1.29 is 9.18 Å². The van der Waals surface area contributed by atoms with Crippen LogP contribution in [0, 0.1) is 5.82 Å². The number of aromatic nitrogens is 1. The van der Waals surface area contributed by atoms with Crippen LogP contribution in [0.25, 0.3) is 0 Å². The molecule has 20 heavy (non-hydrogen) atoms. The minimum atomic E-state index is -0.412. The summed E-state index contributed by atoms with van der Waals surface area (Å²) >= 11 is 5.79. The van der Waals surface area contributed by atoms with Gasteiger partial charge in [0.25, 0.3) is 0 Å². The maximum atomic E-state index is 13.3. The molecule has 2 rings (SSSR count). The van der Waals surface area contributed by atoms with Crippen molar-refractivity contribution in [3.8, 4) is 0 Å². The molecule has 0 aliphatic carbocycles. The highest BCUT2D eigenvalue weighted by atomic mass is 35.5. The Morgan fingerprint density at radius 2 is 2.00 bits per heavy atom. The first-order valence-corrected chi connectivity index (χ1v) is 6.63. The maximum absolute atomic E-state index is 13.3. The molecule has 0 aliphatic rings. The summed E-state index contributed by atoms with van der Waals surface area (Å²) in [6, 6.07) is 10.2. The second kappa shape index (κ2) is 7.01. The summed E-state index contributed by atoms with van der Waals surface area (Å²) < 4.78 is 13.3. The maximum Gasteiger partial charge on any atom is 0.220 e. The highest BCUT2D eigenvalue weighted by Crippen LogP contribution is 2.11. The van der Waals surface area contributed by atoms with Crippen LogP contribution in [0.2, 0.25) is 5.02 Å². The van der Waals surface area contributed by atoms with Gasteiger partial charge in [0.1, 0.15) is 5.82 Å². The van der Waals surface area contributed by atoms with Crippen molar-refractivity contribution in [2.24, 2.45) is 0 Å². The molecule has 1 amide bonds. The molecule has 5 heteroatoms. The van der Waals surface area contributed by atoms with Gasteiger partial charge in [-0.25, -0.2) is 4.39 Å². The van der Waals surface area contributed by atoms with Crippen molar-refractivity contribution in [2.75, 3.05) is 0 Å². The van der Waals surface area contributed by atoms with Crippen LogP contribution in [-0.2, 0) is 17.8 Å². The summed E-state index contributed by atoms with van der Waals surface area (Å²) in [6.45, 7) is 0.103. The standard InChI is InChI=1S/C15H14ClFN2O/c16-12-6-3-11(4-7-12)5-8-15(20)19-10-14-13(17)2-1-9-18-14/h1-4,6-7,9H,5,8,10H2,(H,19,20). The van der Waals surface area contributed by atoms with Crippen molar-refractivity contribution in [2.45, 2.75) is 19.4 Å². The van der Waals surface area contributed by atoms with E-state index in [0.717, 1.165) is 5.56 Å². The number of amides is 1. The molecule has 0 bridgehead atoms. The highest BCUT2D eigenvalue weighted by molar-refractivity contribution is 6.30. The smallest absolute Gasteiger partial charge is 0.220 e. The number of benzene rings is 1. The molecule has 3 nitrogen and oxygen atoms in total. The molecule has 1 aromatic carbocycles. The molecular weight excluding hydrogens is 279 g/mol. The van der Waals surface area contributed by atoms with Gasteiger partial charge in [0.2, 0.25) is 5.91 Å². The average molecular weight is 293 g/mol. The minimum absolute atomic E-state index is 0.103. The number of hydrogen-bond donors (Lipinski definition) is 1. The monoisotopic (exact) mass is 292 g/mol. The van der Waals surface area contributed by atoms with E-state index in [4.69, 9.17) is 11.6 Å². The van der Waals surface area contributed by atoms with Crippen LogP contribution in [0.5, 0.6) is 0 Å². The third-order valence-electron chi connectivity index (χ3n) is 2.84. The number of aryl methyl sites for hydroxylation is 1. The van der Waals surface area contributed by atoms with Gasteiger partial charge < -0.3 is 5.32 Å². The molecule has 0 atom stereocenters. The molecule has 1 heterocycles. The number of rotatable bonds is 5. The molecule has 1 N–H and O–H groups in total. The zero-order valence-electron chi connectivity index (χ0n) is 10.8. The zero-order valence-corrected chi connectivity index (χ0v) is 11.5. The van der Waals surface area contributed by atoms with Gasteiger partial charge in [0.15, 0.2) is 0 Å². The Morgan fingerprint density at radius 3 is 2.70 bits per heavy atom. The highest BCUT2D eigenvalue weighted by Gasteiger charge is 2.06. The summed E-state index contributed by atoms with van der Waals surface area (Å²) in [5, 5.41) is 3.32. The van der Waals surface area contributed by atoms with Crippen molar-refractivity contribution in [1.29, 1.82) is 0 Å². The van der Waals surface area contributed by atoms with Crippen molar-refractivity contribution >= 4 is 17.5 Å². The number of halogens is 2. The fraction of sp³-hybridized carbons (Fsp3) is 0.200. The molecule has 0 aliphatic heterocycles. The second-order valence-electron chi connectivity index (χ2n) is 4.34. The van der Waals surface area contributed by atoms with E-state index in [0.29, 0.717) is 17.9 Å². The van der Waals surface area contributed by atoms with Crippen LogP contribution in [0.3, 0.4) is 0 Å². The van der Waals surface area contributed by atoms with Gasteiger partial charge in [-0.2, -0.15) is 0 Å². The van der Waals surface area contributed by atoms with E-state index in [2.05, 4.69) is 10.3 Å². The third kappa shape index (κ3) is 4.31. The first kappa shape index (κ1) is 14.5. The number of hydrogen-bond acceptors (Lipinski definition) is 2. The van der Waals surface area contributed by atoms with Crippen LogP contribution in [0.15, 0.2) is 42.6 Å². The van der Waals surface area contributed by atoms with Gasteiger partial charge in [0.05, 0.1) is 12.2 Å². The number of carbonyl (C=O) groups is 1. The fourth-order valence-corrected chi connectivity index (χ4v) is 1.85. The van der Waals surface area contributed by atoms with Crippen molar-refractivity contribution in [1.82, 2.24) is 10.3 Å². The Bertz CT molecular complexity index is 587. The molecule has 1 aromatic heterocycles. The van der Waals surface area contributed by atoms with E-state index < -0.39 is 5.82 Å². The van der Waals surface area contributed by atoms with Gasteiger partial charge in [0, 0.05) is 17.6 Å². The quantitative estimate of drug-likeness (QED) is 0.920. The molecule has 104 valence electrons. The fourth-order valence-electron chi connectivity index (χ4n) is 1.73. The lowest BCUT2D eigenvalue weighted by atomic mass is 10.1. The van der Waals surface area contributed by atoms with Gasteiger partial charge in [-0.05, 0) is 36.2 Å². The van der Waals surface area contributed by atoms with Crippen LogP contribution >= 0.6 is 11.6 Å². The van der Waals surface area contributed by atoms with Gasteiger partial charge in [-0.3, -0.25) is 9.78 Å². The van der Waals surface area contributed by atoms with Crippen LogP contribution in [-0.4, -0.2) is 10.9 Å². The number of nitrogens with one attached hydrogen (secondary N) is 1. The number of carbonyl (C=O) groups excluding carboxylic acids is 1. The predicted molar refractivity (Wildman–Crippen MR) is 75.8 cm³/mol. The first-order valence-electron chi connectivity index (χ1n) is 6.25. The molecule has 0 radical (unpaired) electrons. The lowest BCUT2D eigenvalue weighted by Gasteiger charge is -2.05. The van der Waals surface area contributed by atoms with Gasteiger partial charge in [-0.15, -0.1) is 0 Å². The SMILES string of the molecule is O=C(CCc1ccc(Cl)cc1)NCc1ncccc1F. The molecular formula is C15H14ClFN2O. The topological polar surface area (TPSA) is 42.0 Å². The lowest BCUT2D eigenvalue weighted by Crippen LogP contribution is -2.24. The summed E-state index contributed by atoms with van der Waals surface area (Å²) in [5.41, 5.74) is 1.28. The summed E-state index contributed by atoms with van der Waals surface area (Å²) in [6.07, 6.45) is 2.46. The van der Waals surface area contributed by atoms with Crippen LogP contribution < -0.4 is 5.32 Å². The normalized spacial score (nSPS) is 10.3. The molecule has 0 saturated carbocycles. The average Bonchev–Trinajstić information content (AvgIpc) is 2.46. The summed E-state index contributed by atoms with van der Waals surface area (Å²) in [7, 11) is 0. The number of pyridine rings is 1. The predicted octanol–water partition coefficient (Wildman–Crippen LogP) is 3.12. The first-order chi connectivity index (χ1) is 9.65. The summed E-state index contributed by atoms with van der Waals surface area (Å²) in [5.74, 6) is -0.546. The minimum Gasteiger partial charge on any atom is -0.350 e. The van der Waals surface area contributed by atoms with E-state index in [1.54, 1.807) is 12.1 Å². The molecule has 0 spiro atoms. The van der Waals surface area contributed by atoms with Crippen LogP contribution in [0.1, 0.15) is 17.7 Å². The van der Waals surface area contributed by atoms with Crippen molar-refractivity contribution in [3.63, 3.8) is 0 Å². The molecule has 0 saturated heterocycles. The largest absolute Gasteiger partial charge is 0.350 e. The molecule has 0 unspecified atom stereocenters. The zero-order chi connectivity index (χ0) is 14.4. The third-order valence-corrected chi connectivity index (χ3v) is 3.09. The van der Waals surface area contributed by atoms with E-state index in [1.807, 2.05) is 12.1 Å². The van der Waals surface area contributed by atoms with E-state index in [-0.39, 0.29) is 18.1 Å². The van der Waals surface area contributed by atoms with Gasteiger partial charge >= 0.3 is 0 Å². The van der Waals surface area contributed by atoms with E-state index in [9.17, 15) is 9.18 Å². The number of nitrogens with zero attached hydrogens (tertiary/aromatic N) is 1. The molecule has 0 fully saturated rings. The molecule has 2 aromatic rings. The Labute approximate surface area is 121 Å². The lowest BCUT2D eigenvalue weighted by molar-refractivity contribution is -0.121. The Kier molecular flexibility index (Phi) is 5.07. The van der Waals surface area contributed by atoms with Gasteiger partial charge in [-0.1, -0.05) is 23.7 Å². The van der Waals surface area contributed by atoms with E-state index in [1.165, 1.54) is 18.3 Å². The Morgan fingerprint density at radius 1 is 1.25 bits per heavy atom. The Hall–Kier alpha value is -1.94. The summed E-state index contributed by atoms with van der Waals surface area (Å²) in [4.78, 5) is 15.6.